The highest BCUT2D eigenvalue weighted by Crippen LogP contribution is 2.21. The lowest BCUT2D eigenvalue weighted by atomic mass is 9.91. The van der Waals surface area contributed by atoms with Crippen LogP contribution in [0, 0.1) is 5.41 Å². The van der Waals surface area contributed by atoms with Crippen molar-refractivity contribution in [3.05, 3.63) is 0 Å². The highest BCUT2D eigenvalue weighted by Gasteiger charge is 2.27. The number of hydrogen-bond acceptors (Lipinski definition) is 3. The average molecular weight is 241 g/mol. The van der Waals surface area contributed by atoms with Gasteiger partial charge in [-0.3, -0.25) is 4.90 Å². The summed E-state index contributed by atoms with van der Waals surface area (Å²) in [6.07, 6.45) is 3.93. The van der Waals surface area contributed by atoms with Crippen molar-refractivity contribution in [3.8, 4) is 0 Å². The largest absolute Gasteiger partial charge is 0.330 e. The Kier molecular flexibility index (Phi) is 5.90. The molecule has 0 aliphatic carbocycles. The van der Waals surface area contributed by atoms with Gasteiger partial charge in [0.1, 0.15) is 0 Å². The van der Waals surface area contributed by atoms with Crippen LogP contribution >= 0.6 is 0 Å². The fourth-order valence-electron chi connectivity index (χ4n) is 2.73. The van der Waals surface area contributed by atoms with Gasteiger partial charge in [-0.15, -0.1) is 0 Å². The van der Waals surface area contributed by atoms with Crippen LogP contribution in [-0.4, -0.2) is 55.6 Å². The van der Waals surface area contributed by atoms with E-state index in [0.29, 0.717) is 0 Å². The van der Waals surface area contributed by atoms with Gasteiger partial charge in [-0.1, -0.05) is 20.8 Å². The summed E-state index contributed by atoms with van der Waals surface area (Å²) in [5, 5.41) is 0. The van der Waals surface area contributed by atoms with Crippen molar-refractivity contribution >= 4 is 0 Å². The first-order valence-electron chi connectivity index (χ1n) is 7.11. The molecule has 0 aromatic rings. The van der Waals surface area contributed by atoms with E-state index in [-0.39, 0.29) is 5.41 Å². The van der Waals surface area contributed by atoms with Gasteiger partial charge in [-0.25, -0.2) is 0 Å². The third-order valence-electron chi connectivity index (χ3n) is 3.81. The first kappa shape index (κ1) is 14.9. The van der Waals surface area contributed by atoms with Crippen molar-refractivity contribution in [1.29, 1.82) is 0 Å². The fraction of sp³-hybridized carbons (Fsp3) is 1.00. The lowest BCUT2D eigenvalue weighted by Crippen LogP contribution is -2.50. The monoisotopic (exact) mass is 241 g/mol. The summed E-state index contributed by atoms with van der Waals surface area (Å²) in [5.41, 5.74) is 6.11. The van der Waals surface area contributed by atoms with Crippen LogP contribution in [0.25, 0.3) is 0 Å². The molecule has 17 heavy (non-hydrogen) atoms. The number of nitrogens with two attached hydrogens (primary N) is 1. The molecule has 1 rings (SSSR count). The van der Waals surface area contributed by atoms with Crippen molar-refractivity contribution < 1.29 is 0 Å². The van der Waals surface area contributed by atoms with Gasteiger partial charge in [-0.2, -0.15) is 0 Å². The van der Waals surface area contributed by atoms with Crippen LogP contribution in [0.15, 0.2) is 0 Å². The minimum atomic E-state index is 0.241. The highest BCUT2D eigenvalue weighted by molar-refractivity contribution is 4.83. The summed E-state index contributed by atoms with van der Waals surface area (Å²) >= 11 is 0. The smallest absolute Gasteiger partial charge is 0.0223 e. The second kappa shape index (κ2) is 6.72. The molecule has 1 aliphatic rings. The summed E-state index contributed by atoms with van der Waals surface area (Å²) in [7, 11) is 2.24. The van der Waals surface area contributed by atoms with Crippen molar-refractivity contribution in [3.63, 3.8) is 0 Å². The first-order valence-corrected chi connectivity index (χ1v) is 7.11. The molecule has 102 valence electrons. The summed E-state index contributed by atoms with van der Waals surface area (Å²) in [6.45, 7) is 12.4. The minimum absolute atomic E-state index is 0.241. The Balaban J connectivity index is 2.57. The molecule has 0 aromatic carbocycles. The van der Waals surface area contributed by atoms with Crippen LogP contribution in [0.3, 0.4) is 0 Å². The maximum absolute atomic E-state index is 5.87. The van der Waals surface area contributed by atoms with Crippen LogP contribution in [0.4, 0.5) is 0 Å². The van der Waals surface area contributed by atoms with Gasteiger partial charge in [0, 0.05) is 19.1 Å². The maximum atomic E-state index is 5.87. The highest BCUT2D eigenvalue weighted by atomic mass is 15.2. The zero-order chi connectivity index (χ0) is 12.9. The van der Waals surface area contributed by atoms with Crippen LogP contribution < -0.4 is 5.73 Å². The van der Waals surface area contributed by atoms with Crippen LogP contribution in [0.5, 0.6) is 0 Å². The van der Waals surface area contributed by atoms with E-state index in [1.54, 1.807) is 0 Å². The van der Waals surface area contributed by atoms with Gasteiger partial charge < -0.3 is 10.6 Å². The number of hydrogen-bond donors (Lipinski definition) is 1. The van der Waals surface area contributed by atoms with Crippen molar-refractivity contribution in [2.45, 2.75) is 46.1 Å². The van der Waals surface area contributed by atoms with E-state index in [1.165, 1.54) is 38.9 Å². The molecule has 1 saturated heterocycles. The molecule has 2 N–H and O–H groups in total. The third-order valence-corrected chi connectivity index (χ3v) is 3.81. The molecule has 0 amide bonds. The predicted octanol–water partition coefficient (Wildman–Crippen LogP) is 1.78. The van der Waals surface area contributed by atoms with Gasteiger partial charge in [0.25, 0.3) is 0 Å². The molecular formula is C14H31N3. The molecule has 0 aromatic heterocycles. The molecule has 3 heteroatoms. The molecule has 0 radical (unpaired) electrons. The van der Waals surface area contributed by atoms with Crippen LogP contribution in [0.1, 0.15) is 40.0 Å². The lowest BCUT2D eigenvalue weighted by Gasteiger charge is -2.41. The van der Waals surface area contributed by atoms with E-state index < -0.39 is 0 Å². The second-order valence-corrected chi connectivity index (χ2v) is 6.40. The summed E-state index contributed by atoms with van der Waals surface area (Å²) in [5.74, 6) is 0. The molecule has 1 heterocycles. The number of rotatable bonds is 6. The van der Waals surface area contributed by atoms with Crippen molar-refractivity contribution in [1.82, 2.24) is 9.80 Å². The predicted molar refractivity (Wildman–Crippen MR) is 75.2 cm³/mol. The van der Waals surface area contributed by atoms with E-state index in [0.717, 1.165) is 19.1 Å². The Morgan fingerprint density at radius 1 is 1.41 bits per heavy atom. The summed E-state index contributed by atoms with van der Waals surface area (Å²) < 4.78 is 0. The number of piperidine rings is 1. The molecule has 1 aliphatic heterocycles. The lowest BCUT2D eigenvalue weighted by molar-refractivity contribution is 0.0790. The Morgan fingerprint density at radius 3 is 2.65 bits per heavy atom. The first-order chi connectivity index (χ1) is 7.98. The second-order valence-electron chi connectivity index (χ2n) is 6.40. The fourth-order valence-corrected chi connectivity index (χ4v) is 2.73. The molecule has 0 bridgehead atoms. The van der Waals surface area contributed by atoms with E-state index >= 15 is 0 Å². The van der Waals surface area contributed by atoms with E-state index in [2.05, 4.69) is 37.6 Å². The maximum Gasteiger partial charge on any atom is 0.0223 e. The van der Waals surface area contributed by atoms with E-state index in [9.17, 15) is 0 Å². The zero-order valence-electron chi connectivity index (χ0n) is 12.2. The van der Waals surface area contributed by atoms with Gasteiger partial charge in [0.15, 0.2) is 0 Å². The Hall–Kier alpha value is -0.120. The van der Waals surface area contributed by atoms with Crippen LogP contribution in [-0.2, 0) is 0 Å². The van der Waals surface area contributed by atoms with E-state index in [1.807, 2.05) is 0 Å². The molecule has 3 nitrogen and oxygen atoms in total. The minimum Gasteiger partial charge on any atom is -0.330 e. The topological polar surface area (TPSA) is 32.5 Å². The Morgan fingerprint density at radius 2 is 2.12 bits per heavy atom. The van der Waals surface area contributed by atoms with Gasteiger partial charge in [0.2, 0.25) is 0 Å². The number of likely N-dealkylation sites (tertiary alicyclic amines) is 1. The van der Waals surface area contributed by atoms with Crippen LogP contribution in [0.2, 0.25) is 0 Å². The molecule has 1 atom stereocenters. The number of likely N-dealkylation sites (N-methyl/N-ethyl adjacent to an activating group) is 1. The normalized spacial score (nSPS) is 23.3. The SMILES string of the molecule is CCCN(CC(C)(C)CN)C1CCCN(C)C1. The molecule has 0 spiro atoms. The van der Waals surface area contributed by atoms with Crippen molar-refractivity contribution in [2.75, 3.05) is 39.8 Å². The Labute approximate surface area is 107 Å². The Bertz CT molecular complexity index is 216. The molecule has 0 saturated carbocycles. The summed E-state index contributed by atoms with van der Waals surface area (Å²) in [4.78, 5) is 5.13. The van der Waals surface area contributed by atoms with Gasteiger partial charge >= 0.3 is 0 Å². The molecular weight excluding hydrogens is 210 g/mol. The summed E-state index contributed by atoms with van der Waals surface area (Å²) in [6, 6.07) is 0.736. The standard InChI is InChI=1S/C14H31N3/c1-5-8-17(12-14(2,3)11-15)13-7-6-9-16(4)10-13/h13H,5-12,15H2,1-4H3. The average Bonchev–Trinajstić information content (AvgIpc) is 2.28. The molecule has 1 fully saturated rings. The van der Waals surface area contributed by atoms with Gasteiger partial charge in [0.05, 0.1) is 0 Å². The van der Waals surface area contributed by atoms with Gasteiger partial charge in [-0.05, 0) is 51.4 Å². The molecule has 1 unspecified atom stereocenters. The third kappa shape index (κ3) is 4.94. The zero-order valence-corrected chi connectivity index (χ0v) is 12.2. The van der Waals surface area contributed by atoms with E-state index in [4.69, 9.17) is 5.73 Å². The number of nitrogens with zero attached hydrogens (tertiary/aromatic N) is 2. The van der Waals surface area contributed by atoms with Crippen molar-refractivity contribution in [2.24, 2.45) is 11.1 Å². The quantitative estimate of drug-likeness (QED) is 0.769.